The maximum absolute atomic E-state index is 12.2. The maximum atomic E-state index is 12.2. The third kappa shape index (κ3) is 6.72. The van der Waals surface area contributed by atoms with Gasteiger partial charge >= 0.3 is 37.7 Å². The Balaban J connectivity index is -0.000000270. The molecule has 0 radical (unpaired) electrons. The van der Waals surface area contributed by atoms with Crippen molar-refractivity contribution in [3.05, 3.63) is 48.0 Å². The van der Waals surface area contributed by atoms with E-state index in [9.17, 15) is 8.78 Å². The van der Waals surface area contributed by atoms with Crippen LogP contribution in [-0.4, -0.2) is 37.7 Å². The van der Waals surface area contributed by atoms with Crippen LogP contribution in [0.1, 0.15) is 2.85 Å². The number of nitrogens with two attached hydrogens (primary N) is 2. The van der Waals surface area contributed by atoms with Gasteiger partial charge in [0, 0.05) is 21.2 Å². The molecule has 2 nitrogen and oxygen atoms in total. The number of hydrogen-bond acceptors (Lipinski definition) is 4. The molecule has 4 N–H and O–H groups in total. The Hall–Kier alpha value is -0.140. The first-order valence-electron chi connectivity index (χ1n) is 4.88. The van der Waals surface area contributed by atoms with Crippen molar-refractivity contribution in [3.63, 3.8) is 0 Å². The van der Waals surface area contributed by atoms with Crippen LogP contribution in [0, 0.1) is 11.6 Å². The van der Waals surface area contributed by atoms with Crippen molar-refractivity contribution in [2.45, 2.75) is 9.79 Å². The first-order chi connectivity index (χ1) is 8.40. The third-order valence-electron chi connectivity index (χ3n) is 1.98. The summed E-state index contributed by atoms with van der Waals surface area (Å²) in [7, 11) is 0. The van der Waals surface area contributed by atoms with E-state index in [2.05, 4.69) is 25.3 Å². The van der Waals surface area contributed by atoms with Crippen molar-refractivity contribution in [2.75, 3.05) is 11.5 Å². The van der Waals surface area contributed by atoms with E-state index in [1.165, 1.54) is 36.4 Å². The summed E-state index contributed by atoms with van der Waals surface area (Å²) < 4.78 is 24.5. The number of benzene rings is 2. The van der Waals surface area contributed by atoms with Crippen molar-refractivity contribution in [3.8, 4) is 0 Å². The summed E-state index contributed by atoms with van der Waals surface area (Å²) in [5.74, 6) is -0.622. The molecule has 0 atom stereocenters. The predicted molar refractivity (Wildman–Crippen MR) is 84.1 cm³/mol. The fourth-order valence-electron chi connectivity index (χ4n) is 1.03. The van der Waals surface area contributed by atoms with Gasteiger partial charge in [-0.25, -0.2) is 8.78 Å². The molecule has 0 fully saturated rings. The quantitative estimate of drug-likeness (QED) is 0.341. The van der Waals surface area contributed by atoms with Crippen LogP contribution in [0.25, 0.3) is 0 Å². The molecule has 0 heterocycles. The van der Waals surface area contributed by atoms with Gasteiger partial charge in [0.2, 0.25) is 0 Å². The van der Waals surface area contributed by atoms with E-state index in [1.54, 1.807) is 0 Å². The number of halogens is 2. The van der Waals surface area contributed by atoms with Gasteiger partial charge in [0.15, 0.2) is 0 Å². The van der Waals surface area contributed by atoms with Gasteiger partial charge in [0.05, 0.1) is 0 Å². The molecule has 0 aliphatic rings. The van der Waals surface area contributed by atoms with Gasteiger partial charge < -0.3 is 14.3 Å². The van der Waals surface area contributed by atoms with E-state index < -0.39 is 0 Å². The third-order valence-corrected chi connectivity index (χ3v) is 2.76. The summed E-state index contributed by atoms with van der Waals surface area (Å²) in [4.78, 5) is 0.963. The van der Waals surface area contributed by atoms with Crippen LogP contribution >= 0.6 is 25.3 Å². The Kier molecular flexibility index (Phi) is 8.85. The van der Waals surface area contributed by atoms with E-state index >= 15 is 0 Å². The van der Waals surface area contributed by atoms with Crippen LogP contribution < -0.4 is 11.5 Å². The smallest absolute Gasteiger partial charge is 1.00 e. The molecular formula is C12H14CaF2N2S2. The molecular weight excluding hydrogens is 314 g/mol. The summed E-state index contributed by atoms with van der Waals surface area (Å²) in [6, 6.07) is 8.12. The summed E-state index contributed by atoms with van der Waals surface area (Å²) in [6.07, 6.45) is 0. The SMILES string of the molecule is Nc1ccc(F)cc1S.Nc1ccc(F)cc1S.[Ca+2].[H-].[H-]. The van der Waals surface area contributed by atoms with Gasteiger partial charge in [-0.05, 0) is 36.4 Å². The largest absolute Gasteiger partial charge is 2.00 e. The van der Waals surface area contributed by atoms with Crippen LogP contribution in [0.15, 0.2) is 46.2 Å². The summed E-state index contributed by atoms with van der Waals surface area (Å²) in [5, 5.41) is 0. The monoisotopic (exact) mass is 328 g/mol. The fourth-order valence-corrected chi connectivity index (χ4v) is 1.43. The first-order valence-corrected chi connectivity index (χ1v) is 5.77. The van der Waals surface area contributed by atoms with Crippen molar-refractivity contribution in [1.29, 1.82) is 0 Å². The number of nitrogen functional groups attached to an aromatic ring is 2. The van der Waals surface area contributed by atoms with Gasteiger partial charge in [-0.3, -0.25) is 0 Å². The van der Waals surface area contributed by atoms with E-state index in [0.717, 1.165) is 0 Å². The molecule has 0 saturated heterocycles. The minimum Gasteiger partial charge on any atom is -1.00 e. The fraction of sp³-hybridized carbons (Fsp3) is 0. The normalized spacial score (nSPS) is 9.05. The zero-order chi connectivity index (χ0) is 13.7. The molecule has 100 valence electrons. The summed E-state index contributed by atoms with van der Waals surface area (Å²) in [5.41, 5.74) is 11.7. The molecule has 2 aromatic rings. The Morgan fingerprint density at radius 2 is 1.11 bits per heavy atom. The minimum absolute atomic E-state index is 0. The van der Waals surface area contributed by atoms with Crippen LogP contribution in [0.2, 0.25) is 0 Å². The van der Waals surface area contributed by atoms with Crippen LogP contribution in [0.4, 0.5) is 20.2 Å². The van der Waals surface area contributed by atoms with Crippen molar-refractivity contribution in [2.24, 2.45) is 0 Å². The van der Waals surface area contributed by atoms with Crippen LogP contribution in [0.5, 0.6) is 0 Å². The minimum atomic E-state index is -0.311. The molecule has 0 spiro atoms. The van der Waals surface area contributed by atoms with Crippen molar-refractivity contribution >= 4 is 74.4 Å². The first kappa shape index (κ1) is 18.9. The molecule has 0 saturated carbocycles. The second-order valence-corrected chi connectivity index (χ2v) is 4.37. The average Bonchev–Trinajstić information content (AvgIpc) is 2.30. The number of hydrogen-bond donors (Lipinski definition) is 4. The Labute approximate surface area is 154 Å². The molecule has 0 amide bonds. The number of anilines is 2. The topological polar surface area (TPSA) is 52.0 Å². The van der Waals surface area contributed by atoms with Gasteiger partial charge in [0.1, 0.15) is 11.6 Å². The Morgan fingerprint density at radius 3 is 1.32 bits per heavy atom. The standard InChI is InChI=1S/2C6H6FNS.Ca.2H/c2*7-4-1-2-5(8)6(9)3-4;;;/h2*1-3,9H,8H2;;;/q;;+2;2*-1. The number of rotatable bonds is 0. The molecule has 2 aromatic carbocycles. The molecule has 0 aliphatic carbocycles. The molecule has 2 rings (SSSR count). The van der Waals surface area contributed by atoms with Gasteiger partial charge in [-0.2, -0.15) is 0 Å². The van der Waals surface area contributed by atoms with Gasteiger partial charge in [-0.15, -0.1) is 25.3 Å². The zero-order valence-corrected chi connectivity index (χ0v) is 14.0. The predicted octanol–water partition coefficient (Wildman–Crippen LogP) is 3.24. The molecule has 0 aliphatic heterocycles. The maximum Gasteiger partial charge on any atom is 2.00 e. The molecule has 7 heteroatoms. The van der Waals surface area contributed by atoms with Gasteiger partial charge in [-0.1, -0.05) is 0 Å². The molecule has 0 aromatic heterocycles. The van der Waals surface area contributed by atoms with E-state index in [-0.39, 0.29) is 52.2 Å². The molecule has 19 heavy (non-hydrogen) atoms. The van der Waals surface area contributed by atoms with Crippen LogP contribution in [-0.2, 0) is 0 Å². The van der Waals surface area contributed by atoms with E-state index in [4.69, 9.17) is 11.5 Å². The van der Waals surface area contributed by atoms with Crippen LogP contribution in [0.3, 0.4) is 0 Å². The van der Waals surface area contributed by atoms with Crippen molar-refractivity contribution < 1.29 is 11.6 Å². The average molecular weight is 328 g/mol. The zero-order valence-electron chi connectivity index (χ0n) is 12.0. The molecule has 0 bridgehead atoms. The summed E-state index contributed by atoms with van der Waals surface area (Å²) >= 11 is 7.81. The molecule has 0 unspecified atom stereocenters. The van der Waals surface area contributed by atoms with E-state index in [0.29, 0.717) is 21.2 Å². The van der Waals surface area contributed by atoms with E-state index in [1.807, 2.05) is 0 Å². The Morgan fingerprint density at radius 1 is 0.789 bits per heavy atom. The summed E-state index contributed by atoms with van der Waals surface area (Å²) in [6.45, 7) is 0. The number of thiol groups is 2. The second kappa shape index (κ2) is 8.92. The Bertz CT molecular complexity index is 513. The second-order valence-electron chi connectivity index (χ2n) is 3.41. The van der Waals surface area contributed by atoms with Crippen molar-refractivity contribution in [1.82, 2.24) is 0 Å². The van der Waals surface area contributed by atoms with Gasteiger partial charge in [0.25, 0.3) is 0 Å².